The summed E-state index contributed by atoms with van der Waals surface area (Å²) in [6, 6.07) is 20.8. The van der Waals surface area contributed by atoms with Crippen LogP contribution < -0.4 is 14.8 Å². The van der Waals surface area contributed by atoms with Crippen LogP contribution in [-0.4, -0.2) is 44.6 Å². The SMILES string of the molecule is COc1ccc2c(c1)CCN(S(=O)(=O)CCCNC(=O)C1c3ccccc3Oc3ccccc31)C2. The average Bonchev–Trinajstić information content (AvgIpc) is 2.88. The molecule has 0 bridgehead atoms. The Bertz CT molecular complexity index is 1310. The highest BCUT2D eigenvalue weighted by atomic mass is 32.2. The fraction of sp³-hybridized carbons (Fsp3) is 0.296. The highest BCUT2D eigenvalue weighted by Crippen LogP contribution is 2.43. The van der Waals surface area contributed by atoms with Crippen LogP contribution in [0.1, 0.15) is 34.6 Å². The summed E-state index contributed by atoms with van der Waals surface area (Å²) in [7, 11) is -1.81. The van der Waals surface area contributed by atoms with Gasteiger partial charge < -0.3 is 14.8 Å². The van der Waals surface area contributed by atoms with Crippen LogP contribution in [0.2, 0.25) is 0 Å². The van der Waals surface area contributed by atoms with E-state index in [1.807, 2.05) is 66.7 Å². The fourth-order valence-electron chi connectivity index (χ4n) is 4.76. The minimum Gasteiger partial charge on any atom is -0.497 e. The second-order valence-corrected chi connectivity index (χ2v) is 10.9. The Morgan fingerprint density at radius 1 is 1.03 bits per heavy atom. The number of ether oxygens (including phenoxy) is 2. The zero-order valence-electron chi connectivity index (χ0n) is 19.6. The number of hydrogen-bond donors (Lipinski definition) is 1. The Morgan fingerprint density at radius 2 is 1.71 bits per heavy atom. The molecule has 2 aliphatic rings. The molecular weight excluding hydrogens is 464 g/mol. The van der Waals surface area contributed by atoms with Crippen molar-refractivity contribution in [3.05, 3.63) is 89.0 Å². The van der Waals surface area contributed by atoms with Crippen LogP contribution in [0.3, 0.4) is 0 Å². The number of carbonyl (C=O) groups is 1. The van der Waals surface area contributed by atoms with E-state index in [2.05, 4.69) is 5.32 Å². The van der Waals surface area contributed by atoms with Crippen molar-refractivity contribution >= 4 is 15.9 Å². The van der Waals surface area contributed by atoms with Crippen LogP contribution in [0.15, 0.2) is 66.7 Å². The van der Waals surface area contributed by atoms with Crippen LogP contribution in [0.4, 0.5) is 0 Å². The minimum absolute atomic E-state index is 0.0142. The number of methoxy groups -OCH3 is 1. The summed E-state index contributed by atoms with van der Waals surface area (Å²) in [5.41, 5.74) is 3.74. The molecule has 0 atom stereocenters. The second kappa shape index (κ2) is 9.71. The van der Waals surface area contributed by atoms with Crippen LogP contribution >= 0.6 is 0 Å². The highest BCUT2D eigenvalue weighted by Gasteiger charge is 2.32. The number of hydrogen-bond acceptors (Lipinski definition) is 5. The molecule has 182 valence electrons. The number of nitrogens with one attached hydrogen (secondary N) is 1. The normalized spacial score (nSPS) is 15.3. The molecule has 3 aromatic rings. The Kier molecular flexibility index (Phi) is 6.49. The van der Waals surface area contributed by atoms with Crippen LogP contribution in [0.5, 0.6) is 17.2 Å². The summed E-state index contributed by atoms with van der Waals surface area (Å²) in [5, 5.41) is 2.95. The summed E-state index contributed by atoms with van der Waals surface area (Å²) >= 11 is 0. The summed E-state index contributed by atoms with van der Waals surface area (Å²) in [4.78, 5) is 13.2. The van der Waals surface area contributed by atoms with Gasteiger partial charge in [-0.3, -0.25) is 4.79 Å². The van der Waals surface area contributed by atoms with Gasteiger partial charge in [-0.25, -0.2) is 8.42 Å². The van der Waals surface area contributed by atoms with E-state index in [4.69, 9.17) is 9.47 Å². The smallest absolute Gasteiger partial charge is 0.232 e. The summed E-state index contributed by atoms with van der Waals surface area (Å²) < 4.78 is 38.7. The topological polar surface area (TPSA) is 84.9 Å². The molecule has 8 heteroatoms. The first-order valence-electron chi connectivity index (χ1n) is 11.7. The molecule has 7 nitrogen and oxygen atoms in total. The van der Waals surface area contributed by atoms with Gasteiger partial charge >= 0.3 is 0 Å². The van der Waals surface area contributed by atoms with Gasteiger partial charge in [0, 0.05) is 30.8 Å². The van der Waals surface area contributed by atoms with Crippen molar-refractivity contribution < 1.29 is 22.7 Å². The molecule has 5 rings (SSSR count). The first kappa shape index (κ1) is 23.4. The number of amides is 1. The molecule has 0 fully saturated rings. The molecule has 0 aromatic heterocycles. The molecule has 0 saturated carbocycles. The van der Waals surface area contributed by atoms with E-state index in [0.29, 0.717) is 37.4 Å². The van der Waals surface area contributed by atoms with Gasteiger partial charge in [-0.15, -0.1) is 0 Å². The van der Waals surface area contributed by atoms with Gasteiger partial charge in [0.2, 0.25) is 15.9 Å². The lowest BCUT2D eigenvalue weighted by molar-refractivity contribution is -0.121. The van der Waals surface area contributed by atoms with Crippen molar-refractivity contribution in [3.8, 4) is 17.2 Å². The van der Waals surface area contributed by atoms with Crippen molar-refractivity contribution in [1.29, 1.82) is 0 Å². The average molecular weight is 493 g/mol. The number of para-hydroxylation sites is 2. The maximum absolute atomic E-state index is 13.2. The Labute approximate surface area is 205 Å². The lowest BCUT2D eigenvalue weighted by atomic mass is 9.87. The van der Waals surface area contributed by atoms with Crippen LogP contribution in [-0.2, 0) is 27.8 Å². The molecule has 0 saturated heterocycles. The third kappa shape index (κ3) is 4.76. The summed E-state index contributed by atoms with van der Waals surface area (Å²) in [6.07, 6.45) is 0.998. The van der Waals surface area contributed by atoms with E-state index in [1.54, 1.807) is 7.11 Å². The molecular formula is C27H28N2O5S. The molecule has 3 aromatic carbocycles. The van der Waals surface area contributed by atoms with Crippen molar-refractivity contribution in [2.24, 2.45) is 0 Å². The summed E-state index contributed by atoms with van der Waals surface area (Å²) in [6.45, 7) is 1.09. The van der Waals surface area contributed by atoms with Gasteiger partial charge in [-0.1, -0.05) is 42.5 Å². The Morgan fingerprint density at radius 3 is 2.40 bits per heavy atom. The van der Waals surface area contributed by atoms with E-state index in [0.717, 1.165) is 28.0 Å². The van der Waals surface area contributed by atoms with E-state index >= 15 is 0 Å². The van der Waals surface area contributed by atoms with Gasteiger partial charge in [-0.2, -0.15) is 4.31 Å². The third-order valence-electron chi connectivity index (χ3n) is 6.60. The second-order valence-electron chi connectivity index (χ2n) is 8.79. The molecule has 1 amide bonds. The fourth-order valence-corrected chi connectivity index (χ4v) is 6.23. The summed E-state index contributed by atoms with van der Waals surface area (Å²) in [5.74, 6) is 1.44. The highest BCUT2D eigenvalue weighted by molar-refractivity contribution is 7.89. The molecule has 1 N–H and O–H groups in total. The molecule has 2 heterocycles. The molecule has 35 heavy (non-hydrogen) atoms. The third-order valence-corrected chi connectivity index (χ3v) is 8.51. The first-order valence-corrected chi connectivity index (χ1v) is 13.3. The van der Waals surface area contributed by atoms with Crippen molar-refractivity contribution in [1.82, 2.24) is 9.62 Å². The number of nitrogens with zero attached hydrogens (tertiary/aromatic N) is 1. The largest absolute Gasteiger partial charge is 0.497 e. The monoisotopic (exact) mass is 492 g/mol. The van der Waals surface area contributed by atoms with Crippen LogP contribution in [0.25, 0.3) is 0 Å². The number of sulfonamides is 1. The van der Waals surface area contributed by atoms with E-state index in [9.17, 15) is 13.2 Å². The number of benzene rings is 3. The molecule has 2 aliphatic heterocycles. The first-order chi connectivity index (χ1) is 17.0. The van der Waals surface area contributed by atoms with Gasteiger partial charge in [0.15, 0.2) is 0 Å². The maximum Gasteiger partial charge on any atom is 0.232 e. The van der Waals surface area contributed by atoms with Gasteiger partial charge in [0.1, 0.15) is 17.2 Å². The molecule has 0 unspecified atom stereocenters. The standard InChI is InChI=1S/C27H28N2O5S/c1-33-21-12-11-20-18-29(15-13-19(20)17-21)35(31,32)16-6-14-28-27(30)26-22-7-2-4-9-24(22)34-25-10-5-3-8-23(25)26/h2-5,7-12,17,26H,6,13-16,18H2,1H3,(H,28,30). The predicted octanol–water partition coefficient (Wildman–Crippen LogP) is 3.83. The van der Waals surface area contributed by atoms with Crippen molar-refractivity contribution in [2.75, 3.05) is 26.0 Å². The van der Waals surface area contributed by atoms with Crippen molar-refractivity contribution in [3.63, 3.8) is 0 Å². The predicted molar refractivity (Wildman–Crippen MR) is 133 cm³/mol. The van der Waals surface area contributed by atoms with Crippen molar-refractivity contribution in [2.45, 2.75) is 25.3 Å². The van der Waals surface area contributed by atoms with Gasteiger partial charge in [0.25, 0.3) is 0 Å². The van der Waals surface area contributed by atoms with E-state index < -0.39 is 15.9 Å². The van der Waals surface area contributed by atoms with E-state index in [-0.39, 0.29) is 18.2 Å². The van der Waals surface area contributed by atoms with Gasteiger partial charge in [0.05, 0.1) is 18.8 Å². The van der Waals surface area contributed by atoms with Gasteiger partial charge in [-0.05, 0) is 48.2 Å². The lowest BCUT2D eigenvalue weighted by Crippen LogP contribution is -2.38. The maximum atomic E-state index is 13.2. The number of rotatable bonds is 7. The van der Waals surface area contributed by atoms with E-state index in [1.165, 1.54) is 4.31 Å². The zero-order valence-corrected chi connectivity index (χ0v) is 20.4. The number of fused-ring (bicyclic) bond motifs is 3. The minimum atomic E-state index is -3.43. The Balaban J connectivity index is 1.20. The molecule has 0 radical (unpaired) electrons. The Hall–Kier alpha value is -3.36. The molecule has 0 spiro atoms. The van der Waals surface area contributed by atoms with Crippen LogP contribution in [0, 0.1) is 0 Å². The zero-order chi connectivity index (χ0) is 24.4. The quantitative estimate of drug-likeness (QED) is 0.507. The number of carbonyl (C=O) groups excluding carboxylic acids is 1. The molecule has 0 aliphatic carbocycles. The lowest BCUT2D eigenvalue weighted by Gasteiger charge is -2.28.